The summed E-state index contributed by atoms with van der Waals surface area (Å²) in [5.74, 6) is 0.0917. The third-order valence-corrected chi connectivity index (χ3v) is 6.16. The van der Waals surface area contributed by atoms with E-state index in [1.54, 1.807) is 52.2 Å². The standard InChI is InChI=1S/C26H27ClFN5O3/c1-14-8-17(28)12-31-20(14)13-36-22-9-16(3)33(24(34)23(22)27)21-10-19(30-11-15(21)2)18-6-7-29-25(32-18)26(4,5)35/h6-12,19,30,35H,13H2,1-5H3. The number of rotatable bonds is 6. The van der Waals surface area contributed by atoms with Gasteiger partial charge in [0, 0.05) is 24.2 Å². The Hall–Kier alpha value is -3.56. The number of halogens is 2. The molecule has 4 rings (SSSR count). The summed E-state index contributed by atoms with van der Waals surface area (Å²) in [5, 5.41) is 13.5. The zero-order valence-corrected chi connectivity index (χ0v) is 21.4. The molecule has 0 aromatic carbocycles. The molecule has 0 amide bonds. The zero-order valence-electron chi connectivity index (χ0n) is 20.6. The van der Waals surface area contributed by atoms with Gasteiger partial charge in [0.25, 0.3) is 5.56 Å². The number of hydrogen-bond donors (Lipinski definition) is 2. The number of aromatic nitrogens is 4. The normalized spacial score (nSPS) is 15.7. The van der Waals surface area contributed by atoms with E-state index in [1.165, 1.54) is 10.6 Å². The number of ether oxygens (including phenoxy) is 1. The summed E-state index contributed by atoms with van der Waals surface area (Å²) >= 11 is 6.44. The van der Waals surface area contributed by atoms with Crippen LogP contribution in [0.1, 0.15) is 55.3 Å². The molecular formula is C26H27ClFN5O3. The van der Waals surface area contributed by atoms with Crippen molar-refractivity contribution in [2.75, 3.05) is 0 Å². The number of nitrogens with zero attached hydrogens (tertiary/aromatic N) is 4. The van der Waals surface area contributed by atoms with Crippen molar-refractivity contribution in [1.82, 2.24) is 24.8 Å². The first-order valence-corrected chi connectivity index (χ1v) is 11.7. The van der Waals surface area contributed by atoms with Crippen LogP contribution in [0.15, 0.2) is 53.2 Å². The van der Waals surface area contributed by atoms with Crippen molar-refractivity contribution < 1.29 is 14.2 Å². The van der Waals surface area contributed by atoms with Gasteiger partial charge in [0.2, 0.25) is 0 Å². The molecule has 3 aromatic rings. The Kier molecular flexibility index (Phi) is 6.97. The molecule has 0 saturated carbocycles. The Morgan fingerprint density at radius 2 is 2.00 bits per heavy atom. The molecule has 0 saturated heterocycles. The Morgan fingerprint density at radius 3 is 2.69 bits per heavy atom. The summed E-state index contributed by atoms with van der Waals surface area (Å²) in [6, 6.07) is 4.44. The van der Waals surface area contributed by atoms with Crippen LogP contribution in [0.2, 0.25) is 5.02 Å². The van der Waals surface area contributed by atoms with E-state index >= 15 is 0 Å². The molecule has 0 radical (unpaired) electrons. The lowest BCUT2D eigenvalue weighted by Gasteiger charge is -2.25. The topological polar surface area (TPSA) is 102 Å². The van der Waals surface area contributed by atoms with Crippen molar-refractivity contribution >= 4 is 17.3 Å². The zero-order chi connectivity index (χ0) is 26.2. The van der Waals surface area contributed by atoms with Crippen molar-refractivity contribution in [3.8, 4) is 5.75 Å². The van der Waals surface area contributed by atoms with Gasteiger partial charge in [-0.2, -0.15) is 0 Å². The van der Waals surface area contributed by atoms with Crippen LogP contribution in [-0.2, 0) is 12.2 Å². The predicted molar refractivity (Wildman–Crippen MR) is 135 cm³/mol. The molecule has 0 bridgehead atoms. The summed E-state index contributed by atoms with van der Waals surface area (Å²) in [5.41, 5.74) is 2.28. The van der Waals surface area contributed by atoms with Gasteiger partial charge in [0.1, 0.15) is 28.8 Å². The summed E-state index contributed by atoms with van der Waals surface area (Å²) < 4.78 is 20.7. The third kappa shape index (κ3) is 5.17. The average Bonchev–Trinajstić information content (AvgIpc) is 2.82. The number of aliphatic hydroxyl groups is 1. The van der Waals surface area contributed by atoms with Crippen LogP contribution in [0.25, 0.3) is 5.70 Å². The molecule has 0 fully saturated rings. The second-order valence-electron chi connectivity index (χ2n) is 9.20. The molecular weight excluding hydrogens is 485 g/mol. The Morgan fingerprint density at radius 1 is 1.25 bits per heavy atom. The minimum atomic E-state index is -1.19. The SMILES string of the molecule is CC1=CNC(c2ccnc(C(C)(C)O)n2)C=C1n1c(C)cc(OCc2ncc(F)cc2C)c(Cl)c1=O. The van der Waals surface area contributed by atoms with E-state index in [1.807, 2.05) is 13.0 Å². The molecule has 1 aliphatic heterocycles. The lowest BCUT2D eigenvalue weighted by Crippen LogP contribution is -2.28. The molecule has 36 heavy (non-hydrogen) atoms. The van der Waals surface area contributed by atoms with Crippen LogP contribution < -0.4 is 15.6 Å². The fraction of sp³-hybridized carbons (Fsp3) is 0.308. The van der Waals surface area contributed by atoms with Crippen molar-refractivity contribution in [3.05, 3.63) is 98.1 Å². The third-order valence-electron chi connectivity index (χ3n) is 5.81. The maximum Gasteiger partial charge on any atom is 0.277 e. The Balaban J connectivity index is 1.67. The van der Waals surface area contributed by atoms with E-state index in [0.717, 1.165) is 11.8 Å². The monoisotopic (exact) mass is 511 g/mol. The van der Waals surface area contributed by atoms with E-state index in [4.69, 9.17) is 16.3 Å². The van der Waals surface area contributed by atoms with Crippen LogP contribution in [-0.4, -0.2) is 24.6 Å². The van der Waals surface area contributed by atoms with Crippen LogP contribution in [0, 0.1) is 19.7 Å². The van der Waals surface area contributed by atoms with E-state index in [-0.39, 0.29) is 23.4 Å². The molecule has 0 spiro atoms. The predicted octanol–water partition coefficient (Wildman–Crippen LogP) is 4.34. The van der Waals surface area contributed by atoms with Crippen molar-refractivity contribution in [3.63, 3.8) is 0 Å². The van der Waals surface area contributed by atoms with Crippen molar-refractivity contribution in [2.24, 2.45) is 0 Å². The quantitative estimate of drug-likeness (QED) is 0.507. The van der Waals surface area contributed by atoms with Crippen LogP contribution in [0.4, 0.5) is 4.39 Å². The maximum atomic E-state index is 13.3. The molecule has 0 aliphatic carbocycles. The molecule has 1 unspecified atom stereocenters. The molecule has 4 heterocycles. The largest absolute Gasteiger partial charge is 0.485 e. The van der Waals surface area contributed by atoms with Gasteiger partial charge < -0.3 is 15.2 Å². The maximum absolute atomic E-state index is 13.3. The molecule has 3 aromatic heterocycles. The van der Waals surface area contributed by atoms with Gasteiger partial charge in [0.05, 0.1) is 29.3 Å². The van der Waals surface area contributed by atoms with Crippen molar-refractivity contribution in [1.29, 1.82) is 0 Å². The van der Waals surface area contributed by atoms with Gasteiger partial charge >= 0.3 is 0 Å². The number of allylic oxidation sites excluding steroid dienone is 2. The van der Waals surface area contributed by atoms with Gasteiger partial charge in [-0.15, -0.1) is 0 Å². The van der Waals surface area contributed by atoms with E-state index in [9.17, 15) is 14.3 Å². The summed E-state index contributed by atoms with van der Waals surface area (Å²) in [6.45, 7) is 8.68. The highest BCUT2D eigenvalue weighted by Gasteiger charge is 2.24. The molecule has 1 aliphatic rings. The Labute approximate surface area is 213 Å². The van der Waals surface area contributed by atoms with E-state index in [2.05, 4.69) is 20.3 Å². The summed E-state index contributed by atoms with van der Waals surface area (Å²) in [4.78, 5) is 26.1. The lowest BCUT2D eigenvalue weighted by molar-refractivity contribution is 0.0683. The smallest absolute Gasteiger partial charge is 0.277 e. The van der Waals surface area contributed by atoms with Gasteiger partial charge in [-0.3, -0.25) is 14.3 Å². The molecule has 2 N–H and O–H groups in total. The highest BCUT2D eigenvalue weighted by molar-refractivity contribution is 6.31. The molecule has 188 valence electrons. The number of hydrogen-bond acceptors (Lipinski definition) is 7. The minimum Gasteiger partial charge on any atom is -0.485 e. The molecule has 8 nitrogen and oxygen atoms in total. The number of aryl methyl sites for hydroxylation is 2. The second kappa shape index (κ2) is 9.83. The van der Waals surface area contributed by atoms with E-state index in [0.29, 0.717) is 34.2 Å². The first-order chi connectivity index (χ1) is 17.0. The van der Waals surface area contributed by atoms with Gasteiger partial charge in [-0.25, -0.2) is 14.4 Å². The van der Waals surface area contributed by atoms with Gasteiger partial charge in [-0.1, -0.05) is 11.6 Å². The van der Waals surface area contributed by atoms with Crippen molar-refractivity contribution in [2.45, 2.75) is 52.9 Å². The van der Waals surface area contributed by atoms with Gasteiger partial charge in [-0.05, 0) is 64.0 Å². The highest BCUT2D eigenvalue weighted by Crippen LogP contribution is 2.30. The fourth-order valence-corrected chi connectivity index (χ4v) is 4.03. The fourth-order valence-electron chi connectivity index (χ4n) is 3.84. The van der Waals surface area contributed by atoms with Crippen LogP contribution in [0.3, 0.4) is 0 Å². The van der Waals surface area contributed by atoms with E-state index < -0.39 is 17.0 Å². The summed E-state index contributed by atoms with van der Waals surface area (Å²) in [6.07, 6.45) is 6.39. The minimum absolute atomic E-state index is 0.0413. The molecule has 10 heteroatoms. The van der Waals surface area contributed by atoms with Crippen LogP contribution >= 0.6 is 11.6 Å². The highest BCUT2D eigenvalue weighted by atomic mass is 35.5. The number of nitrogens with one attached hydrogen (secondary N) is 1. The average molecular weight is 512 g/mol. The first-order valence-electron chi connectivity index (χ1n) is 11.3. The van der Waals surface area contributed by atoms with Crippen LogP contribution in [0.5, 0.6) is 5.75 Å². The summed E-state index contributed by atoms with van der Waals surface area (Å²) in [7, 11) is 0. The lowest BCUT2D eigenvalue weighted by atomic mass is 10.0. The number of pyridine rings is 2. The first kappa shape index (κ1) is 25.5. The second-order valence-corrected chi connectivity index (χ2v) is 9.58. The molecule has 1 atom stereocenters. The number of dihydropyridines is 1. The Bertz CT molecular complexity index is 1440. The van der Waals surface area contributed by atoms with Gasteiger partial charge in [0.15, 0.2) is 5.82 Å².